The van der Waals surface area contributed by atoms with Gasteiger partial charge < -0.3 is 25.2 Å². The maximum Gasteiger partial charge on any atom is 0.409 e. The third-order valence-corrected chi connectivity index (χ3v) is 7.18. The minimum Gasteiger partial charge on any atom is -0.453 e. The van der Waals surface area contributed by atoms with Crippen molar-refractivity contribution >= 4 is 52.4 Å². The van der Waals surface area contributed by atoms with Crippen molar-refractivity contribution in [1.82, 2.24) is 15.5 Å². The fraction of sp³-hybridized carbons (Fsp3) is 0.391. The predicted molar refractivity (Wildman–Crippen MR) is 128 cm³/mol. The van der Waals surface area contributed by atoms with E-state index in [1.807, 2.05) is 0 Å². The van der Waals surface area contributed by atoms with E-state index in [4.69, 9.17) is 16.3 Å². The van der Waals surface area contributed by atoms with Gasteiger partial charge in [-0.2, -0.15) is 0 Å². The summed E-state index contributed by atoms with van der Waals surface area (Å²) in [7, 11) is 1.28. The summed E-state index contributed by atoms with van der Waals surface area (Å²) < 4.78 is 5.30. The number of thiophene rings is 1. The lowest BCUT2D eigenvalue weighted by atomic mass is 10.1. The molecule has 3 heterocycles. The molecule has 2 N–H and O–H groups in total. The van der Waals surface area contributed by atoms with Gasteiger partial charge in [0.1, 0.15) is 0 Å². The zero-order valence-electron chi connectivity index (χ0n) is 18.6. The van der Waals surface area contributed by atoms with Crippen molar-refractivity contribution < 1.29 is 23.9 Å². The Balaban J connectivity index is 1.44. The minimum atomic E-state index is -0.536. The summed E-state index contributed by atoms with van der Waals surface area (Å²) in [5.74, 6) is -0.585. The molecule has 2 aliphatic rings. The Labute approximate surface area is 206 Å². The number of carbonyl (C=O) groups is 4. The Hall–Kier alpha value is -3.11. The molecule has 2 aliphatic heterocycles. The quantitative estimate of drug-likeness (QED) is 0.651. The fourth-order valence-electron chi connectivity index (χ4n) is 4.17. The molecule has 1 aromatic heterocycles. The summed E-state index contributed by atoms with van der Waals surface area (Å²) in [6.45, 7) is 1.06. The number of rotatable bonds is 5. The minimum absolute atomic E-state index is 0.0860. The van der Waals surface area contributed by atoms with Gasteiger partial charge >= 0.3 is 6.09 Å². The van der Waals surface area contributed by atoms with Gasteiger partial charge in [0.15, 0.2) is 0 Å². The monoisotopic (exact) mass is 504 g/mol. The van der Waals surface area contributed by atoms with Gasteiger partial charge in [0.2, 0.25) is 5.91 Å². The number of ether oxygens (including phenoxy) is 1. The summed E-state index contributed by atoms with van der Waals surface area (Å²) in [5.41, 5.74) is 1.18. The highest BCUT2D eigenvalue weighted by Gasteiger charge is 2.38. The largest absolute Gasteiger partial charge is 0.453 e. The number of piperidine rings is 1. The molecular weight excluding hydrogens is 480 g/mol. The summed E-state index contributed by atoms with van der Waals surface area (Å²) in [6.07, 6.45) is 1.85. The molecule has 4 rings (SSSR count). The molecular formula is C23H25ClN4O5S. The number of methoxy groups -OCH3 is 1. The highest BCUT2D eigenvalue weighted by atomic mass is 35.5. The second kappa shape index (κ2) is 10.4. The van der Waals surface area contributed by atoms with Crippen LogP contribution < -0.4 is 15.5 Å². The van der Waals surface area contributed by atoms with Gasteiger partial charge in [0.25, 0.3) is 11.8 Å². The molecule has 0 aliphatic carbocycles. The smallest absolute Gasteiger partial charge is 0.409 e. The Morgan fingerprint density at radius 3 is 2.26 bits per heavy atom. The Kier molecular flexibility index (Phi) is 7.38. The zero-order chi connectivity index (χ0) is 24.2. The van der Waals surface area contributed by atoms with E-state index in [1.165, 1.54) is 12.0 Å². The molecule has 0 radical (unpaired) electrons. The molecule has 9 nitrogen and oxygen atoms in total. The molecule has 11 heteroatoms. The number of nitrogens with one attached hydrogen (secondary N) is 2. The maximum atomic E-state index is 12.9. The predicted octanol–water partition coefficient (Wildman–Crippen LogP) is 2.90. The highest BCUT2D eigenvalue weighted by molar-refractivity contribution is 7.18. The first-order valence-corrected chi connectivity index (χ1v) is 12.2. The number of carbonyl (C=O) groups excluding carboxylic acids is 4. The summed E-state index contributed by atoms with van der Waals surface area (Å²) in [5, 5.41) is 5.80. The number of anilines is 1. The van der Waals surface area contributed by atoms with Crippen molar-refractivity contribution in [1.29, 1.82) is 0 Å². The van der Waals surface area contributed by atoms with Crippen molar-refractivity contribution in [3.63, 3.8) is 0 Å². The van der Waals surface area contributed by atoms with Gasteiger partial charge in [0.05, 0.1) is 28.4 Å². The van der Waals surface area contributed by atoms with E-state index in [0.717, 1.165) is 29.9 Å². The van der Waals surface area contributed by atoms with Crippen molar-refractivity contribution in [2.24, 2.45) is 0 Å². The number of likely N-dealkylation sites (tertiary alicyclic amines) is 1. The first-order valence-electron chi connectivity index (χ1n) is 11.0. The average molecular weight is 505 g/mol. The topological polar surface area (TPSA) is 108 Å². The van der Waals surface area contributed by atoms with Crippen molar-refractivity contribution in [3.05, 3.63) is 51.2 Å². The van der Waals surface area contributed by atoms with E-state index in [2.05, 4.69) is 10.6 Å². The lowest BCUT2D eigenvalue weighted by Gasteiger charge is -2.27. The van der Waals surface area contributed by atoms with Gasteiger partial charge in [-0.25, -0.2) is 4.79 Å². The van der Waals surface area contributed by atoms with Gasteiger partial charge in [-0.05, 0) is 49.2 Å². The lowest BCUT2D eigenvalue weighted by Crippen LogP contribution is -2.50. The number of halogens is 1. The van der Waals surface area contributed by atoms with Gasteiger partial charge in [-0.15, -0.1) is 11.3 Å². The Morgan fingerprint density at radius 1 is 1.00 bits per heavy atom. The van der Waals surface area contributed by atoms with E-state index in [1.54, 1.807) is 41.3 Å². The average Bonchev–Trinajstić information content (AvgIpc) is 3.45. The van der Waals surface area contributed by atoms with E-state index in [-0.39, 0.29) is 30.8 Å². The highest BCUT2D eigenvalue weighted by Crippen LogP contribution is 2.23. The number of benzene rings is 1. The van der Waals surface area contributed by atoms with Crippen LogP contribution in [0.4, 0.5) is 10.5 Å². The molecule has 34 heavy (non-hydrogen) atoms. The van der Waals surface area contributed by atoms with Gasteiger partial charge in [0, 0.05) is 37.3 Å². The van der Waals surface area contributed by atoms with Crippen LogP contribution in [0.2, 0.25) is 4.34 Å². The van der Waals surface area contributed by atoms with E-state index < -0.39 is 18.2 Å². The maximum absolute atomic E-state index is 12.9. The molecule has 2 aromatic rings. The molecule has 2 saturated heterocycles. The Morgan fingerprint density at radius 2 is 1.68 bits per heavy atom. The normalized spacial score (nSPS) is 20.2. The number of hydrogen-bond donors (Lipinski definition) is 2. The van der Waals surface area contributed by atoms with Crippen molar-refractivity contribution in [2.75, 3.05) is 31.6 Å². The molecule has 2 atom stereocenters. The lowest BCUT2D eigenvalue weighted by molar-refractivity contribution is -0.119. The first-order chi connectivity index (χ1) is 16.4. The standard InChI is InChI=1S/C23H25ClN4O5S/c1-33-23(32)27-12-16(17(13-27)26-22(31)18-9-10-19(24)34-18)25-21(30)14-5-7-15(8-6-14)28-11-3-2-4-20(28)29/h5-10,16-17H,2-4,11-13H2,1H3,(H,25,30)(H,26,31)/t16-,17+/m0/s1. The summed E-state index contributed by atoms with van der Waals surface area (Å²) >= 11 is 7.08. The van der Waals surface area contributed by atoms with Crippen LogP contribution >= 0.6 is 22.9 Å². The molecule has 2 fully saturated rings. The summed E-state index contributed by atoms with van der Waals surface area (Å²) in [4.78, 5) is 53.4. The number of hydrogen-bond acceptors (Lipinski definition) is 6. The SMILES string of the molecule is COC(=O)N1C[C@H](NC(=O)c2ccc(N3CCCCC3=O)cc2)[C@H](NC(=O)c2ccc(Cl)s2)C1. The second-order valence-electron chi connectivity index (χ2n) is 8.19. The van der Waals surface area contributed by atoms with Crippen LogP contribution in [-0.2, 0) is 9.53 Å². The van der Waals surface area contributed by atoms with Crippen LogP contribution in [0.5, 0.6) is 0 Å². The third kappa shape index (κ3) is 5.34. The van der Waals surface area contributed by atoms with Crippen LogP contribution in [0.25, 0.3) is 0 Å². The Bertz CT molecular complexity index is 1090. The van der Waals surface area contributed by atoms with E-state index in [9.17, 15) is 19.2 Å². The third-order valence-electron chi connectivity index (χ3n) is 5.95. The molecule has 0 bridgehead atoms. The number of nitrogens with zero attached hydrogens (tertiary/aromatic N) is 2. The molecule has 0 unspecified atom stereocenters. The first kappa shape index (κ1) is 24.0. The van der Waals surface area contributed by atoms with Crippen molar-refractivity contribution in [2.45, 2.75) is 31.3 Å². The molecule has 4 amide bonds. The van der Waals surface area contributed by atoms with Crippen LogP contribution in [0.3, 0.4) is 0 Å². The zero-order valence-corrected chi connectivity index (χ0v) is 20.2. The van der Waals surface area contributed by atoms with E-state index >= 15 is 0 Å². The summed E-state index contributed by atoms with van der Waals surface area (Å²) in [6, 6.07) is 9.08. The molecule has 180 valence electrons. The second-order valence-corrected chi connectivity index (χ2v) is 9.90. The van der Waals surface area contributed by atoms with Crippen LogP contribution in [0.1, 0.15) is 39.3 Å². The van der Waals surface area contributed by atoms with Gasteiger partial charge in [-0.1, -0.05) is 11.6 Å². The van der Waals surface area contributed by atoms with Crippen LogP contribution in [-0.4, -0.2) is 67.5 Å². The van der Waals surface area contributed by atoms with Gasteiger partial charge in [-0.3, -0.25) is 14.4 Å². The van der Waals surface area contributed by atoms with Crippen molar-refractivity contribution in [3.8, 4) is 0 Å². The molecule has 0 spiro atoms. The fourth-order valence-corrected chi connectivity index (χ4v) is 5.12. The molecule has 0 saturated carbocycles. The van der Waals surface area contributed by atoms with Crippen LogP contribution in [0.15, 0.2) is 36.4 Å². The number of amides is 4. The van der Waals surface area contributed by atoms with Crippen LogP contribution in [0, 0.1) is 0 Å². The molecule has 1 aromatic carbocycles. The van der Waals surface area contributed by atoms with E-state index in [0.29, 0.717) is 27.7 Å².